The number of nitrogens with zero attached hydrogens (tertiary/aromatic N) is 2. The van der Waals surface area contributed by atoms with Crippen molar-refractivity contribution >= 4 is 0 Å². The van der Waals surface area contributed by atoms with Gasteiger partial charge < -0.3 is 5.73 Å². The summed E-state index contributed by atoms with van der Waals surface area (Å²) in [5.41, 5.74) is 11.3. The lowest BCUT2D eigenvalue weighted by Crippen LogP contribution is -2.12. The van der Waals surface area contributed by atoms with Gasteiger partial charge in [0.25, 0.3) is 0 Å². The normalized spacial score (nSPS) is 15.6. The molecule has 1 aliphatic carbocycles. The van der Waals surface area contributed by atoms with Crippen molar-refractivity contribution in [2.45, 2.75) is 25.3 Å². The largest absolute Gasteiger partial charge is 0.320 e. The molecule has 3 heteroatoms. The smallest absolute Gasteiger partial charge is 0.115 e. The lowest BCUT2D eigenvalue weighted by molar-refractivity contribution is 0.847. The highest BCUT2D eigenvalue weighted by molar-refractivity contribution is 5.39. The second-order valence-corrected chi connectivity index (χ2v) is 4.53. The van der Waals surface area contributed by atoms with Crippen LogP contribution in [-0.2, 0) is 12.8 Å². The highest BCUT2D eigenvalue weighted by Gasteiger charge is 2.14. The number of aromatic nitrogens is 2. The topological polar surface area (TPSA) is 51.8 Å². The Morgan fingerprint density at radius 1 is 1.00 bits per heavy atom. The molecule has 1 aromatic carbocycles. The second-order valence-electron chi connectivity index (χ2n) is 4.53. The third kappa shape index (κ3) is 1.94. The molecule has 86 valence electrons. The maximum atomic E-state index is 6.23. The summed E-state index contributed by atoms with van der Waals surface area (Å²) in [5.74, 6) is 0. The molecule has 1 atom stereocenters. The molecule has 0 amide bonds. The minimum absolute atomic E-state index is 0.123. The average molecular weight is 225 g/mol. The van der Waals surface area contributed by atoms with Crippen molar-refractivity contribution in [3.05, 3.63) is 59.2 Å². The van der Waals surface area contributed by atoms with Crippen LogP contribution < -0.4 is 5.73 Å². The Labute approximate surface area is 101 Å². The molecule has 3 nitrogen and oxygen atoms in total. The van der Waals surface area contributed by atoms with E-state index in [0.717, 1.165) is 11.1 Å². The molecule has 2 aromatic rings. The fourth-order valence-corrected chi connectivity index (χ4v) is 2.45. The lowest BCUT2D eigenvalue weighted by atomic mass is 9.98. The molecule has 1 unspecified atom stereocenters. The molecule has 0 saturated heterocycles. The van der Waals surface area contributed by atoms with E-state index in [1.807, 2.05) is 0 Å². The molecule has 0 radical (unpaired) electrons. The maximum absolute atomic E-state index is 6.23. The Kier molecular flexibility index (Phi) is 2.61. The third-order valence-corrected chi connectivity index (χ3v) is 3.42. The van der Waals surface area contributed by atoms with Crippen LogP contribution in [0.25, 0.3) is 0 Å². The van der Waals surface area contributed by atoms with E-state index in [1.54, 1.807) is 12.4 Å². The van der Waals surface area contributed by atoms with Gasteiger partial charge >= 0.3 is 0 Å². The number of nitrogens with two attached hydrogens (primary N) is 1. The minimum Gasteiger partial charge on any atom is -0.320 e. The quantitative estimate of drug-likeness (QED) is 0.850. The first-order chi connectivity index (χ1) is 8.34. The van der Waals surface area contributed by atoms with Gasteiger partial charge in [0.05, 0.1) is 6.04 Å². The van der Waals surface area contributed by atoms with Gasteiger partial charge in [0.2, 0.25) is 0 Å². The monoisotopic (exact) mass is 225 g/mol. The number of hydrogen-bond acceptors (Lipinski definition) is 3. The predicted octanol–water partition coefficient (Wildman–Crippen LogP) is 2.01. The van der Waals surface area contributed by atoms with Crippen LogP contribution >= 0.6 is 0 Å². The molecular weight excluding hydrogens is 210 g/mol. The van der Waals surface area contributed by atoms with Crippen LogP contribution in [0.5, 0.6) is 0 Å². The molecule has 1 heterocycles. The van der Waals surface area contributed by atoms with E-state index in [4.69, 9.17) is 5.73 Å². The van der Waals surface area contributed by atoms with E-state index in [9.17, 15) is 0 Å². The summed E-state index contributed by atoms with van der Waals surface area (Å²) in [6, 6.07) is 6.45. The van der Waals surface area contributed by atoms with Gasteiger partial charge in [0, 0.05) is 18.0 Å². The predicted molar refractivity (Wildman–Crippen MR) is 66.5 cm³/mol. The van der Waals surface area contributed by atoms with Crippen molar-refractivity contribution in [1.29, 1.82) is 0 Å². The fraction of sp³-hybridized carbons (Fsp3) is 0.286. The summed E-state index contributed by atoms with van der Waals surface area (Å²) in [6.07, 6.45) is 8.75. The van der Waals surface area contributed by atoms with E-state index >= 15 is 0 Å². The van der Waals surface area contributed by atoms with Gasteiger partial charge in [0.1, 0.15) is 6.33 Å². The molecule has 3 rings (SSSR count). The summed E-state index contributed by atoms with van der Waals surface area (Å²) in [6.45, 7) is 0. The molecule has 2 N–H and O–H groups in total. The molecule has 0 aliphatic heterocycles. The summed E-state index contributed by atoms with van der Waals surface area (Å²) in [5, 5.41) is 0. The standard InChI is InChI=1S/C14H15N3/c15-14(13-7-16-9-17-8-13)12-5-4-10-2-1-3-11(10)6-12/h4-9,14H,1-3,15H2. The molecular formula is C14H15N3. The van der Waals surface area contributed by atoms with Crippen molar-refractivity contribution in [3.63, 3.8) is 0 Å². The Morgan fingerprint density at radius 2 is 1.76 bits per heavy atom. The van der Waals surface area contributed by atoms with Crippen LogP contribution in [0.3, 0.4) is 0 Å². The van der Waals surface area contributed by atoms with Crippen molar-refractivity contribution in [1.82, 2.24) is 9.97 Å². The van der Waals surface area contributed by atoms with Gasteiger partial charge in [-0.1, -0.05) is 18.2 Å². The zero-order valence-corrected chi connectivity index (χ0v) is 9.63. The van der Waals surface area contributed by atoms with Crippen LogP contribution in [0.4, 0.5) is 0 Å². The van der Waals surface area contributed by atoms with Gasteiger partial charge in [-0.2, -0.15) is 0 Å². The highest BCUT2D eigenvalue weighted by atomic mass is 14.8. The Balaban J connectivity index is 1.94. The zero-order valence-electron chi connectivity index (χ0n) is 9.63. The van der Waals surface area contributed by atoms with Crippen molar-refractivity contribution in [2.75, 3.05) is 0 Å². The fourth-order valence-electron chi connectivity index (χ4n) is 2.45. The average Bonchev–Trinajstić information content (AvgIpc) is 2.86. The number of aryl methyl sites for hydroxylation is 2. The number of fused-ring (bicyclic) bond motifs is 1. The SMILES string of the molecule is NC(c1cncnc1)c1ccc2c(c1)CCC2. The van der Waals surface area contributed by atoms with Gasteiger partial charge in [-0.25, -0.2) is 9.97 Å². The molecule has 1 aromatic heterocycles. The first-order valence-electron chi connectivity index (χ1n) is 5.97. The summed E-state index contributed by atoms with van der Waals surface area (Å²) >= 11 is 0. The molecule has 1 aliphatic rings. The Morgan fingerprint density at radius 3 is 2.59 bits per heavy atom. The van der Waals surface area contributed by atoms with E-state index in [2.05, 4.69) is 28.2 Å². The van der Waals surface area contributed by atoms with Crippen molar-refractivity contribution in [3.8, 4) is 0 Å². The molecule has 0 bridgehead atoms. The Bertz CT molecular complexity index is 522. The number of benzene rings is 1. The summed E-state index contributed by atoms with van der Waals surface area (Å²) in [4.78, 5) is 8.03. The third-order valence-electron chi connectivity index (χ3n) is 3.42. The van der Waals surface area contributed by atoms with Gasteiger partial charge in [-0.15, -0.1) is 0 Å². The van der Waals surface area contributed by atoms with Crippen LogP contribution in [0, 0.1) is 0 Å². The van der Waals surface area contributed by atoms with Crippen LogP contribution in [0.2, 0.25) is 0 Å². The van der Waals surface area contributed by atoms with Crippen LogP contribution in [-0.4, -0.2) is 9.97 Å². The molecule has 0 fully saturated rings. The molecule has 0 spiro atoms. The van der Waals surface area contributed by atoms with Crippen LogP contribution in [0.15, 0.2) is 36.9 Å². The zero-order chi connectivity index (χ0) is 11.7. The van der Waals surface area contributed by atoms with Gasteiger partial charge in [-0.3, -0.25) is 0 Å². The number of rotatable bonds is 2. The second kappa shape index (κ2) is 4.26. The molecule has 17 heavy (non-hydrogen) atoms. The maximum Gasteiger partial charge on any atom is 0.115 e. The van der Waals surface area contributed by atoms with E-state index in [0.29, 0.717) is 0 Å². The summed E-state index contributed by atoms with van der Waals surface area (Å²) < 4.78 is 0. The van der Waals surface area contributed by atoms with Crippen LogP contribution in [0.1, 0.15) is 34.7 Å². The van der Waals surface area contributed by atoms with E-state index < -0.39 is 0 Å². The van der Waals surface area contributed by atoms with Crippen molar-refractivity contribution < 1.29 is 0 Å². The first-order valence-corrected chi connectivity index (χ1v) is 5.97. The highest BCUT2D eigenvalue weighted by Crippen LogP contribution is 2.26. The van der Waals surface area contributed by atoms with Gasteiger partial charge in [-0.05, 0) is 36.0 Å². The van der Waals surface area contributed by atoms with E-state index in [1.165, 1.54) is 36.7 Å². The van der Waals surface area contributed by atoms with Gasteiger partial charge in [0.15, 0.2) is 0 Å². The first kappa shape index (κ1) is 10.4. The summed E-state index contributed by atoms with van der Waals surface area (Å²) in [7, 11) is 0. The lowest BCUT2D eigenvalue weighted by Gasteiger charge is -2.13. The Hall–Kier alpha value is -1.74. The minimum atomic E-state index is -0.123. The molecule has 0 saturated carbocycles. The van der Waals surface area contributed by atoms with Crippen molar-refractivity contribution in [2.24, 2.45) is 5.73 Å². The number of hydrogen-bond donors (Lipinski definition) is 1. The van der Waals surface area contributed by atoms with E-state index in [-0.39, 0.29) is 6.04 Å².